The van der Waals surface area contributed by atoms with Crippen LogP contribution < -0.4 is 25.0 Å². The molecule has 10 heteroatoms. The van der Waals surface area contributed by atoms with Gasteiger partial charge in [0.25, 0.3) is 0 Å². The summed E-state index contributed by atoms with van der Waals surface area (Å²) < 4.78 is 28.3. The Morgan fingerprint density at radius 3 is 2.31 bits per heavy atom. The highest BCUT2D eigenvalue weighted by Crippen LogP contribution is 2.31. The number of methoxy groups -OCH3 is 3. The van der Waals surface area contributed by atoms with E-state index in [9.17, 15) is 14.0 Å². The van der Waals surface area contributed by atoms with Crippen LogP contribution in [0.5, 0.6) is 11.5 Å². The van der Waals surface area contributed by atoms with Crippen molar-refractivity contribution in [2.24, 2.45) is 0 Å². The smallest absolute Gasteiger partial charge is 0.305 e. The van der Waals surface area contributed by atoms with E-state index in [0.717, 1.165) is 0 Å². The Labute approximate surface area is 191 Å². The highest BCUT2D eigenvalue weighted by molar-refractivity contribution is 7.80. The first-order valence-electron chi connectivity index (χ1n) is 9.68. The fraction of sp³-hybridized carbons (Fsp3) is 0.318. The average molecular weight is 464 g/mol. The van der Waals surface area contributed by atoms with Crippen LogP contribution >= 0.6 is 12.2 Å². The summed E-state index contributed by atoms with van der Waals surface area (Å²) >= 11 is 5.31. The Bertz CT molecular complexity index is 955. The van der Waals surface area contributed by atoms with Crippen LogP contribution in [-0.4, -0.2) is 51.4 Å². The lowest BCUT2D eigenvalue weighted by molar-refractivity contribution is -0.140. The molecule has 2 rings (SSSR count). The third kappa shape index (κ3) is 6.81. The SMILES string of the molecule is COC(=O)CCC(NC(=S)Nc1ccc(F)cc1)C(=O)N(C)c1ccc(OC)c(OC)c1. The van der Waals surface area contributed by atoms with Crippen molar-refractivity contribution in [3.63, 3.8) is 0 Å². The van der Waals surface area contributed by atoms with Crippen molar-refractivity contribution in [2.75, 3.05) is 38.6 Å². The van der Waals surface area contributed by atoms with Crippen LogP contribution in [0.2, 0.25) is 0 Å². The van der Waals surface area contributed by atoms with E-state index in [4.69, 9.17) is 21.7 Å². The molecule has 0 fully saturated rings. The predicted molar refractivity (Wildman–Crippen MR) is 124 cm³/mol. The number of halogens is 1. The Morgan fingerprint density at radius 1 is 1.06 bits per heavy atom. The van der Waals surface area contributed by atoms with Crippen LogP contribution in [0.4, 0.5) is 15.8 Å². The van der Waals surface area contributed by atoms with Crippen LogP contribution in [0.15, 0.2) is 42.5 Å². The van der Waals surface area contributed by atoms with Gasteiger partial charge in [0, 0.05) is 30.9 Å². The summed E-state index contributed by atoms with van der Waals surface area (Å²) in [5.41, 5.74) is 1.12. The van der Waals surface area contributed by atoms with Gasteiger partial charge in [0.2, 0.25) is 5.91 Å². The van der Waals surface area contributed by atoms with E-state index in [2.05, 4.69) is 15.4 Å². The lowest BCUT2D eigenvalue weighted by Gasteiger charge is -2.26. The molecule has 32 heavy (non-hydrogen) atoms. The van der Waals surface area contributed by atoms with Gasteiger partial charge in [-0.25, -0.2) is 4.39 Å². The first-order chi connectivity index (χ1) is 15.3. The van der Waals surface area contributed by atoms with E-state index in [-0.39, 0.29) is 29.7 Å². The highest BCUT2D eigenvalue weighted by Gasteiger charge is 2.25. The number of carbonyl (C=O) groups excluding carboxylic acids is 2. The third-order valence-electron chi connectivity index (χ3n) is 4.66. The standard InChI is InChI=1S/C22H26FN3O5S/c1-26(16-9-11-18(29-2)19(13-16)30-3)21(28)17(10-12-20(27)31-4)25-22(32)24-15-7-5-14(23)6-8-15/h5-9,11,13,17H,10,12H2,1-4H3,(H2,24,25,32). The molecule has 0 aliphatic heterocycles. The minimum Gasteiger partial charge on any atom is -0.493 e. The number of thiocarbonyl (C=S) groups is 1. The van der Waals surface area contributed by atoms with Crippen LogP contribution in [-0.2, 0) is 14.3 Å². The maximum Gasteiger partial charge on any atom is 0.305 e. The van der Waals surface area contributed by atoms with Gasteiger partial charge in [-0.2, -0.15) is 0 Å². The lowest BCUT2D eigenvalue weighted by atomic mass is 10.1. The molecule has 2 aromatic carbocycles. The number of rotatable bonds is 9. The van der Waals surface area contributed by atoms with E-state index in [1.54, 1.807) is 25.2 Å². The largest absolute Gasteiger partial charge is 0.493 e. The van der Waals surface area contributed by atoms with Gasteiger partial charge in [0.15, 0.2) is 16.6 Å². The molecule has 0 bridgehead atoms. The molecule has 0 saturated heterocycles. The number of likely N-dealkylation sites (N-methyl/N-ethyl adjacent to an activating group) is 1. The maximum absolute atomic E-state index is 13.2. The predicted octanol–water partition coefficient (Wildman–Crippen LogP) is 3.11. The van der Waals surface area contributed by atoms with Crippen LogP contribution in [0.3, 0.4) is 0 Å². The molecule has 0 aromatic heterocycles. The summed E-state index contributed by atoms with van der Waals surface area (Å²) in [7, 11) is 5.91. The zero-order valence-electron chi connectivity index (χ0n) is 18.3. The van der Waals surface area contributed by atoms with Gasteiger partial charge in [-0.05, 0) is 55.0 Å². The summed E-state index contributed by atoms with van der Waals surface area (Å²) in [5, 5.41) is 5.98. The van der Waals surface area contributed by atoms with Gasteiger partial charge in [-0.3, -0.25) is 9.59 Å². The van der Waals surface area contributed by atoms with Crippen molar-refractivity contribution in [1.82, 2.24) is 5.32 Å². The second-order valence-corrected chi connectivity index (χ2v) is 7.12. The van der Waals surface area contributed by atoms with E-state index in [1.807, 2.05) is 0 Å². The number of carbonyl (C=O) groups is 2. The quantitative estimate of drug-likeness (QED) is 0.433. The number of ether oxygens (including phenoxy) is 3. The van der Waals surface area contributed by atoms with Gasteiger partial charge in [-0.1, -0.05) is 0 Å². The molecule has 0 aliphatic rings. The number of anilines is 2. The van der Waals surface area contributed by atoms with Crippen molar-refractivity contribution >= 4 is 40.6 Å². The normalized spacial score (nSPS) is 11.2. The summed E-state index contributed by atoms with van der Waals surface area (Å²) in [4.78, 5) is 26.3. The molecule has 0 spiro atoms. The highest BCUT2D eigenvalue weighted by atomic mass is 32.1. The maximum atomic E-state index is 13.2. The van der Waals surface area contributed by atoms with Crippen LogP contribution in [0.25, 0.3) is 0 Å². The Balaban J connectivity index is 2.18. The Kier molecular flexibility index (Phi) is 9.21. The minimum atomic E-state index is -0.826. The average Bonchev–Trinajstić information content (AvgIpc) is 2.81. The van der Waals surface area contributed by atoms with Crippen molar-refractivity contribution in [1.29, 1.82) is 0 Å². The van der Waals surface area contributed by atoms with E-state index in [0.29, 0.717) is 22.9 Å². The number of hydrogen-bond donors (Lipinski definition) is 2. The zero-order valence-corrected chi connectivity index (χ0v) is 19.1. The molecule has 2 N–H and O–H groups in total. The van der Waals surface area contributed by atoms with Gasteiger partial charge in [0.1, 0.15) is 11.9 Å². The van der Waals surface area contributed by atoms with Gasteiger partial charge in [-0.15, -0.1) is 0 Å². The third-order valence-corrected chi connectivity index (χ3v) is 4.88. The van der Waals surface area contributed by atoms with Crippen molar-refractivity contribution in [3.8, 4) is 11.5 Å². The number of amides is 1. The number of hydrogen-bond acceptors (Lipinski definition) is 6. The van der Waals surface area contributed by atoms with Gasteiger partial charge in [0.05, 0.1) is 21.3 Å². The second kappa shape index (κ2) is 11.8. The molecule has 1 atom stereocenters. The molecule has 1 unspecified atom stereocenters. The molecule has 172 valence electrons. The van der Waals surface area contributed by atoms with Crippen LogP contribution in [0, 0.1) is 5.82 Å². The molecule has 2 aromatic rings. The molecule has 0 heterocycles. The second-order valence-electron chi connectivity index (χ2n) is 6.71. The minimum absolute atomic E-state index is 0.0127. The topological polar surface area (TPSA) is 89.1 Å². The number of nitrogens with zero attached hydrogens (tertiary/aromatic N) is 1. The number of nitrogens with one attached hydrogen (secondary N) is 2. The first-order valence-corrected chi connectivity index (χ1v) is 10.1. The molecular formula is C22H26FN3O5S. The zero-order chi connectivity index (χ0) is 23.7. The van der Waals surface area contributed by atoms with Crippen LogP contribution in [0.1, 0.15) is 12.8 Å². The Morgan fingerprint density at radius 2 is 1.72 bits per heavy atom. The lowest BCUT2D eigenvalue weighted by Crippen LogP contribution is -2.49. The Hall–Kier alpha value is -3.40. The number of benzene rings is 2. The number of esters is 1. The molecule has 1 amide bonds. The fourth-order valence-electron chi connectivity index (χ4n) is 2.87. The van der Waals surface area contributed by atoms with Gasteiger partial charge < -0.3 is 29.7 Å². The van der Waals surface area contributed by atoms with E-state index < -0.39 is 12.0 Å². The van der Waals surface area contributed by atoms with Crippen molar-refractivity contribution in [2.45, 2.75) is 18.9 Å². The first kappa shape index (κ1) is 24.9. The van der Waals surface area contributed by atoms with Crippen molar-refractivity contribution in [3.05, 3.63) is 48.3 Å². The summed E-state index contributed by atoms with van der Waals surface area (Å²) in [5.74, 6) is -0.156. The summed E-state index contributed by atoms with van der Waals surface area (Å²) in [6.45, 7) is 0. The monoisotopic (exact) mass is 463 g/mol. The molecule has 0 radical (unpaired) electrons. The fourth-order valence-corrected chi connectivity index (χ4v) is 3.13. The van der Waals surface area contributed by atoms with E-state index >= 15 is 0 Å². The molecule has 0 aliphatic carbocycles. The van der Waals surface area contributed by atoms with Gasteiger partial charge >= 0.3 is 5.97 Å². The molecule has 8 nitrogen and oxygen atoms in total. The molecule has 0 saturated carbocycles. The van der Waals surface area contributed by atoms with E-state index in [1.165, 1.54) is 50.5 Å². The summed E-state index contributed by atoms with van der Waals surface area (Å²) in [6, 6.07) is 9.86. The summed E-state index contributed by atoms with van der Waals surface area (Å²) in [6.07, 6.45) is 0.160. The van der Waals surface area contributed by atoms with Crippen molar-refractivity contribution < 1.29 is 28.2 Å². The molecular weight excluding hydrogens is 437 g/mol.